The minimum absolute atomic E-state index is 0.418. The highest BCUT2D eigenvalue weighted by molar-refractivity contribution is 7.77. The number of hydrogen-bond acceptors (Lipinski definition) is 3. The molecule has 0 radical (unpaired) electrons. The highest BCUT2D eigenvalue weighted by Gasteiger charge is 1.99. The molecule has 0 spiro atoms. The number of rotatable bonds is 4. The van der Waals surface area contributed by atoms with Gasteiger partial charge in [-0.2, -0.15) is 0 Å². The second kappa shape index (κ2) is 4.82. The van der Waals surface area contributed by atoms with Crippen molar-refractivity contribution in [1.29, 1.82) is 0 Å². The fourth-order valence-corrected chi connectivity index (χ4v) is 0.975. The summed E-state index contributed by atoms with van der Waals surface area (Å²) in [6, 6.07) is 0. The van der Waals surface area contributed by atoms with Crippen LogP contribution < -0.4 is 0 Å². The summed E-state index contributed by atoms with van der Waals surface area (Å²) in [5.74, 6) is 0.572. The summed E-state index contributed by atoms with van der Waals surface area (Å²) in [5.41, 5.74) is 0. The summed E-state index contributed by atoms with van der Waals surface area (Å²) in [7, 11) is 0. The summed E-state index contributed by atoms with van der Waals surface area (Å²) in [6.45, 7) is 5.46. The van der Waals surface area contributed by atoms with Crippen LogP contribution in [-0.2, 0) is 4.79 Å². The van der Waals surface area contributed by atoms with Crippen LogP contribution in [0, 0.1) is 5.92 Å². The zero-order valence-electron chi connectivity index (χ0n) is 5.87. The van der Waals surface area contributed by atoms with E-state index >= 15 is 0 Å². The lowest BCUT2D eigenvalue weighted by atomic mass is 10.2. The van der Waals surface area contributed by atoms with Gasteiger partial charge in [0.25, 0.3) is 0 Å². The van der Waals surface area contributed by atoms with Crippen LogP contribution in [0.4, 0.5) is 0 Å². The molecule has 0 N–H and O–H groups in total. The van der Waals surface area contributed by atoms with Gasteiger partial charge in [0.2, 0.25) is 0 Å². The largest absolute Gasteiger partial charge is 0.302 e. The maximum atomic E-state index is 9.91. The number of carbonyl (C=O) groups is 1. The van der Waals surface area contributed by atoms with E-state index < -0.39 is 0 Å². The first-order valence-corrected chi connectivity index (χ1v) is 3.44. The molecule has 0 heterocycles. The second-order valence-corrected chi connectivity index (χ2v) is 3.00. The predicted molar refractivity (Wildman–Crippen MR) is 41.5 cm³/mol. The van der Waals surface area contributed by atoms with E-state index in [-0.39, 0.29) is 0 Å². The molecule has 0 aliphatic carbocycles. The molecule has 0 amide bonds. The van der Waals surface area contributed by atoms with Crippen molar-refractivity contribution >= 4 is 19.1 Å². The summed E-state index contributed by atoms with van der Waals surface area (Å²) in [5, 5.41) is 0. The Morgan fingerprint density at radius 1 is 1.67 bits per heavy atom. The van der Waals surface area contributed by atoms with Crippen molar-refractivity contribution in [3.05, 3.63) is 0 Å². The van der Waals surface area contributed by atoms with Crippen LogP contribution in [0.5, 0.6) is 0 Å². The summed E-state index contributed by atoms with van der Waals surface area (Å²) < 4.78 is 1.71. The average Bonchev–Trinajstić information content (AvgIpc) is 1.63. The highest BCUT2D eigenvalue weighted by Crippen LogP contribution is 1.98. The maximum absolute atomic E-state index is 9.91. The Bertz CT molecular complexity index is 85.1. The zero-order valence-corrected chi connectivity index (χ0v) is 6.77. The quantitative estimate of drug-likeness (QED) is 0.472. The average molecular weight is 147 g/mol. The van der Waals surface area contributed by atoms with Crippen molar-refractivity contribution in [1.82, 2.24) is 4.31 Å². The summed E-state index contributed by atoms with van der Waals surface area (Å²) in [4.78, 5) is 9.91. The maximum Gasteiger partial charge on any atom is 0.134 e. The molecule has 3 heteroatoms. The van der Waals surface area contributed by atoms with Gasteiger partial charge in [0, 0.05) is 6.54 Å². The van der Waals surface area contributed by atoms with Gasteiger partial charge < -0.3 is 4.79 Å². The lowest BCUT2D eigenvalue weighted by molar-refractivity contribution is -0.108. The molecule has 0 saturated carbocycles. The molecule has 0 saturated heterocycles. The lowest BCUT2D eigenvalue weighted by Gasteiger charge is -2.13. The SMILES string of the molecule is CC(C)CN(S)CC=O. The van der Waals surface area contributed by atoms with E-state index in [0.29, 0.717) is 12.5 Å². The van der Waals surface area contributed by atoms with Crippen LogP contribution in [0.3, 0.4) is 0 Å². The Labute approximate surface area is 61.8 Å². The standard InChI is InChI=1S/C6H13NOS/c1-6(2)5-7(9)3-4-8/h4,6,9H,3,5H2,1-2H3. The molecule has 0 rings (SSSR count). The molecule has 0 unspecified atom stereocenters. The fraction of sp³-hybridized carbons (Fsp3) is 0.833. The smallest absolute Gasteiger partial charge is 0.134 e. The van der Waals surface area contributed by atoms with Gasteiger partial charge in [0.15, 0.2) is 0 Å². The Morgan fingerprint density at radius 3 is 2.56 bits per heavy atom. The molecular weight excluding hydrogens is 134 g/mol. The third-order valence-corrected chi connectivity index (χ3v) is 1.19. The monoisotopic (exact) mass is 147 g/mol. The number of hydrogen-bond donors (Lipinski definition) is 1. The number of carbonyl (C=O) groups excluding carboxylic acids is 1. The highest BCUT2D eigenvalue weighted by atomic mass is 32.1. The van der Waals surface area contributed by atoms with Gasteiger partial charge in [-0.15, -0.1) is 0 Å². The molecule has 0 bridgehead atoms. The molecule has 0 aromatic heterocycles. The molecule has 0 aromatic rings. The molecule has 2 nitrogen and oxygen atoms in total. The van der Waals surface area contributed by atoms with Gasteiger partial charge in [-0.05, 0) is 5.92 Å². The topological polar surface area (TPSA) is 20.3 Å². The lowest BCUT2D eigenvalue weighted by Crippen LogP contribution is -2.19. The van der Waals surface area contributed by atoms with Crippen LogP contribution in [0.25, 0.3) is 0 Å². The van der Waals surface area contributed by atoms with Crippen LogP contribution in [0.15, 0.2) is 0 Å². The molecular formula is C6H13NOS. The van der Waals surface area contributed by atoms with Crippen LogP contribution in [-0.4, -0.2) is 23.7 Å². The molecule has 9 heavy (non-hydrogen) atoms. The van der Waals surface area contributed by atoms with Crippen LogP contribution in [0.2, 0.25) is 0 Å². The van der Waals surface area contributed by atoms with Gasteiger partial charge in [-0.3, -0.25) is 0 Å². The second-order valence-electron chi connectivity index (χ2n) is 2.43. The number of nitrogens with zero attached hydrogens (tertiary/aromatic N) is 1. The van der Waals surface area contributed by atoms with Gasteiger partial charge >= 0.3 is 0 Å². The predicted octanol–water partition coefficient (Wildman–Crippen LogP) is 0.988. The van der Waals surface area contributed by atoms with Gasteiger partial charge in [-0.25, -0.2) is 4.31 Å². The van der Waals surface area contributed by atoms with Gasteiger partial charge in [-0.1, -0.05) is 26.7 Å². The summed E-state index contributed by atoms with van der Waals surface area (Å²) in [6.07, 6.45) is 0.857. The molecule has 0 aromatic carbocycles. The summed E-state index contributed by atoms with van der Waals surface area (Å²) >= 11 is 4.05. The Balaban J connectivity index is 3.25. The van der Waals surface area contributed by atoms with E-state index in [1.165, 1.54) is 0 Å². The first kappa shape index (κ1) is 8.98. The van der Waals surface area contributed by atoms with Crippen molar-refractivity contribution in [2.45, 2.75) is 13.8 Å². The van der Waals surface area contributed by atoms with E-state index in [9.17, 15) is 4.79 Å². The van der Waals surface area contributed by atoms with Crippen molar-refractivity contribution in [2.24, 2.45) is 5.92 Å². The van der Waals surface area contributed by atoms with Crippen molar-refractivity contribution in [3.8, 4) is 0 Å². The van der Waals surface area contributed by atoms with Crippen molar-refractivity contribution in [2.75, 3.05) is 13.1 Å². The van der Waals surface area contributed by atoms with E-state index in [4.69, 9.17) is 0 Å². The number of aldehydes is 1. The molecule has 0 atom stereocenters. The Morgan fingerprint density at radius 2 is 2.22 bits per heavy atom. The minimum atomic E-state index is 0.418. The molecule has 0 aliphatic rings. The first-order valence-electron chi connectivity index (χ1n) is 3.04. The molecule has 54 valence electrons. The zero-order chi connectivity index (χ0) is 7.28. The Kier molecular flexibility index (Phi) is 4.81. The van der Waals surface area contributed by atoms with Crippen LogP contribution in [0.1, 0.15) is 13.8 Å². The van der Waals surface area contributed by atoms with Crippen LogP contribution >= 0.6 is 12.8 Å². The van der Waals surface area contributed by atoms with Gasteiger partial charge in [0.1, 0.15) is 6.29 Å². The van der Waals surface area contributed by atoms with Gasteiger partial charge in [0.05, 0.1) is 6.54 Å². The Hall–Kier alpha value is -0.0200. The first-order chi connectivity index (χ1) is 4.16. The van der Waals surface area contributed by atoms with E-state index in [1.807, 2.05) is 0 Å². The minimum Gasteiger partial charge on any atom is -0.302 e. The van der Waals surface area contributed by atoms with Crippen molar-refractivity contribution in [3.63, 3.8) is 0 Å². The molecule has 0 fully saturated rings. The number of thiol groups is 1. The molecule has 0 aliphatic heterocycles. The van der Waals surface area contributed by atoms with E-state index in [0.717, 1.165) is 12.8 Å². The third kappa shape index (κ3) is 5.86. The third-order valence-electron chi connectivity index (χ3n) is 0.861. The van der Waals surface area contributed by atoms with E-state index in [1.54, 1.807) is 4.31 Å². The normalized spacial score (nSPS) is 10.8. The van der Waals surface area contributed by atoms with Crippen molar-refractivity contribution < 1.29 is 4.79 Å². The van der Waals surface area contributed by atoms with E-state index in [2.05, 4.69) is 26.7 Å². The fourth-order valence-electron chi connectivity index (χ4n) is 0.582.